The second kappa shape index (κ2) is 4.28. The molecule has 0 atom stereocenters. The molecule has 1 aromatic carbocycles. The zero-order valence-electron chi connectivity index (χ0n) is 9.04. The number of hydrogen-bond donors (Lipinski definition) is 2. The van der Waals surface area contributed by atoms with Crippen molar-refractivity contribution in [3.05, 3.63) is 41.9 Å². The van der Waals surface area contributed by atoms with Crippen LogP contribution in [0.1, 0.15) is 11.4 Å². The molecule has 78 valence electrons. The van der Waals surface area contributed by atoms with Gasteiger partial charge in [-0.1, -0.05) is 24.3 Å². The minimum atomic E-state index is 0.905. The van der Waals surface area contributed by atoms with Crippen LogP contribution in [0.4, 0.5) is 0 Å². The van der Waals surface area contributed by atoms with Gasteiger partial charge in [-0.3, -0.25) is 0 Å². The van der Waals surface area contributed by atoms with E-state index in [9.17, 15) is 0 Å². The van der Waals surface area contributed by atoms with Gasteiger partial charge in [-0.2, -0.15) is 0 Å². The molecule has 0 amide bonds. The van der Waals surface area contributed by atoms with Crippen molar-refractivity contribution < 1.29 is 0 Å². The van der Waals surface area contributed by atoms with Crippen molar-refractivity contribution in [2.24, 2.45) is 0 Å². The van der Waals surface area contributed by atoms with E-state index < -0.39 is 0 Å². The number of aromatic nitrogens is 2. The van der Waals surface area contributed by atoms with Crippen molar-refractivity contribution in [1.82, 2.24) is 15.3 Å². The molecule has 0 bridgehead atoms. The Kier molecular flexibility index (Phi) is 2.83. The summed E-state index contributed by atoms with van der Waals surface area (Å²) in [6.07, 6.45) is 1.86. The SMILES string of the molecule is CNCc1ccc(-c2cnc(C)[nH]2)cc1. The van der Waals surface area contributed by atoms with Crippen molar-refractivity contribution in [2.45, 2.75) is 13.5 Å². The zero-order valence-corrected chi connectivity index (χ0v) is 9.04. The lowest BCUT2D eigenvalue weighted by molar-refractivity contribution is 0.818. The molecule has 0 radical (unpaired) electrons. The van der Waals surface area contributed by atoms with Gasteiger partial charge in [0.05, 0.1) is 11.9 Å². The van der Waals surface area contributed by atoms with Gasteiger partial charge in [0, 0.05) is 6.54 Å². The minimum Gasteiger partial charge on any atom is -0.342 e. The lowest BCUT2D eigenvalue weighted by atomic mass is 10.1. The molecular weight excluding hydrogens is 186 g/mol. The first-order valence-electron chi connectivity index (χ1n) is 5.05. The summed E-state index contributed by atoms with van der Waals surface area (Å²) >= 11 is 0. The highest BCUT2D eigenvalue weighted by Crippen LogP contribution is 2.17. The molecule has 2 rings (SSSR count). The summed E-state index contributed by atoms with van der Waals surface area (Å²) in [7, 11) is 1.95. The highest BCUT2D eigenvalue weighted by atomic mass is 14.9. The van der Waals surface area contributed by atoms with Gasteiger partial charge in [0.25, 0.3) is 0 Å². The standard InChI is InChI=1S/C12H15N3/c1-9-14-8-12(15-9)11-5-3-10(4-6-11)7-13-2/h3-6,8,13H,7H2,1-2H3,(H,14,15). The second-order valence-electron chi connectivity index (χ2n) is 3.61. The zero-order chi connectivity index (χ0) is 10.7. The number of hydrogen-bond acceptors (Lipinski definition) is 2. The van der Waals surface area contributed by atoms with Gasteiger partial charge >= 0.3 is 0 Å². The smallest absolute Gasteiger partial charge is 0.103 e. The second-order valence-corrected chi connectivity index (χ2v) is 3.61. The minimum absolute atomic E-state index is 0.905. The van der Waals surface area contributed by atoms with E-state index in [0.29, 0.717) is 0 Å². The molecule has 2 N–H and O–H groups in total. The molecule has 0 spiro atoms. The van der Waals surface area contributed by atoms with Crippen LogP contribution in [0, 0.1) is 6.92 Å². The van der Waals surface area contributed by atoms with Gasteiger partial charge in [0.1, 0.15) is 5.82 Å². The number of benzene rings is 1. The molecule has 2 aromatic rings. The van der Waals surface area contributed by atoms with Crippen LogP contribution in [0.2, 0.25) is 0 Å². The van der Waals surface area contributed by atoms with Crippen LogP contribution in [0.15, 0.2) is 30.5 Å². The third-order valence-corrected chi connectivity index (χ3v) is 2.35. The van der Waals surface area contributed by atoms with Crippen molar-refractivity contribution in [3.8, 4) is 11.3 Å². The molecule has 1 heterocycles. The molecule has 3 nitrogen and oxygen atoms in total. The van der Waals surface area contributed by atoms with Crippen molar-refractivity contribution in [3.63, 3.8) is 0 Å². The molecule has 0 unspecified atom stereocenters. The van der Waals surface area contributed by atoms with Gasteiger partial charge in [0.2, 0.25) is 0 Å². The molecule has 0 fully saturated rings. The topological polar surface area (TPSA) is 40.7 Å². The Morgan fingerprint density at radius 1 is 1.27 bits per heavy atom. The lowest BCUT2D eigenvalue weighted by Crippen LogP contribution is -2.04. The third kappa shape index (κ3) is 2.25. The summed E-state index contributed by atoms with van der Waals surface area (Å²) in [5, 5.41) is 3.13. The van der Waals surface area contributed by atoms with Crippen molar-refractivity contribution in [1.29, 1.82) is 0 Å². The normalized spacial score (nSPS) is 10.5. The van der Waals surface area contributed by atoms with Crippen LogP contribution in [0.3, 0.4) is 0 Å². The fourth-order valence-electron chi connectivity index (χ4n) is 1.57. The highest BCUT2D eigenvalue weighted by molar-refractivity contribution is 5.58. The summed E-state index contributed by atoms with van der Waals surface area (Å²) in [4.78, 5) is 7.40. The number of H-pyrrole nitrogens is 1. The fraction of sp³-hybridized carbons (Fsp3) is 0.250. The van der Waals surface area contributed by atoms with Gasteiger partial charge in [-0.25, -0.2) is 4.98 Å². The molecule has 1 aromatic heterocycles. The largest absolute Gasteiger partial charge is 0.342 e. The molecule has 0 saturated heterocycles. The van der Waals surface area contributed by atoms with Crippen LogP contribution in [-0.2, 0) is 6.54 Å². The van der Waals surface area contributed by atoms with E-state index >= 15 is 0 Å². The third-order valence-electron chi connectivity index (χ3n) is 2.35. The van der Waals surface area contributed by atoms with Crippen LogP contribution in [0.5, 0.6) is 0 Å². The van der Waals surface area contributed by atoms with Gasteiger partial charge in [-0.05, 0) is 25.1 Å². The van der Waals surface area contributed by atoms with E-state index in [0.717, 1.165) is 18.1 Å². The Morgan fingerprint density at radius 2 is 2.00 bits per heavy atom. The average molecular weight is 201 g/mol. The first-order valence-corrected chi connectivity index (χ1v) is 5.05. The maximum atomic E-state index is 4.18. The Hall–Kier alpha value is -1.61. The maximum absolute atomic E-state index is 4.18. The summed E-state index contributed by atoms with van der Waals surface area (Å²) < 4.78 is 0. The van der Waals surface area contributed by atoms with E-state index in [1.807, 2.05) is 20.2 Å². The molecule has 15 heavy (non-hydrogen) atoms. The molecule has 3 heteroatoms. The Morgan fingerprint density at radius 3 is 2.53 bits per heavy atom. The summed E-state index contributed by atoms with van der Waals surface area (Å²) in [5.41, 5.74) is 3.54. The van der Waals surface area contributed by atoms with E-state index in [1.165, 1.54) is 11.1 Å². The monoisotopic (exact) mass is 201 g/mol. The number of aryl methyl sites for hydroxylation is 1. The number of nitrogens with one attached hydrogen (secondary N) is 2. The van der Waals surface area contributed by atoms with Crippen LogP contribution in [-0.4, -0.2) is 17.0 Å². The maximum Gasteiger partial charge on any atom is 0.103 e. The molecule has 0 aliphatic rings. The number of rotatable bonds is 3. The highest BCUT2D eigenvalue weighted by Gasteiger charge is 2.00. The summed E-state index contributed by atoms with van der Waals surface area (Å²) in [6, 6.07) is 8.48. The quantitative estimate of drug-likeness (QED) is 0.798. The Bertz CT molecular complexity index is 428. The average Bonchev–Trinajstić information content (AvgIpc) is 2.67. The van der Waals surface area contributed by atoms with Gasteiger partial charge in [0.15, 0.2) is 0 Å². The molecular formula is C12H15N3. The fourth-order valence-corrected chi connectivity index (χ4v) is 1.57. The number of nitrogens with zero attached hydrogens (tertiary/aromatic N) is 1. The van der Waals surface area contributed by atoms with Crippen LogP contribution in [0.25, 0.3) is 11.3 Å². The van der Waals surface area contributed by atoms with Gasteiger partial charge in [-0.15, -0.1) is 0 Å². The van der Waals surface area contributed by atoms with E-state index in [1.54, 1.807) is 0 Å². The number of imidazole rings is 1. The van der Waals surface area contributed by atoms with Crippen molar-refractivity contribution in [2.75, 3.05) is 7.05 Å². The number of aromatic amines is 1. The van der Waals surface area contributed by atoms with Crippen LogP contribution < -0.4 is 5.32 Å². The van der Waals surface area contributed by atoms with E-state index in [-0.39, 0.29) is 0 Å². The lowest BCUT2D eigenvalue weighted by Gasteiger charge is -2.01. The predicted octanol–water partition coefficient (Wildman–Crippen LogP) is 2.10. The predicted molar refractivity (Wildman–Crippen MR) is 61.5 cm³/mol. The Labute approximate surface area is 89.6 Å². The summed E-state index contributed by atoms with van der Waals surface area (Å²) in [5.74, 6) is 0.948. The first kappa shape index (κ1) is 9.93. The first-order chi connectivity index (χ1) is 7.29. The molecule has 0 aliphatic heterocycles. The van der Waals surface area contributed by atoms with Crippen LogP contribution >= 0.6 is 0 Å². The summed E-state index contributed by atoms with van der Waals surface area (Å²) in [6.45, 7) is 2.86. The van der Waals surface area contributed by atoms with E-state index in [2.05, 4.69) is 39.6 Å². The van der Waals surface area contributed by atoms with Gasteiger partial charge < -0.3 is 10.3 Å². The molecule has 0 aliphatic carbocycles. The molecule has 0 saturated carbocycles. The van der Waals surface area contributed by atoms with E-state index in [4.69, 9.17) is 0 Å². The van der Waals surface area contributed by atoms with Crippen molar-refractivity contribution >= 4 is 0 Å². The Balaban J connectivity index is 2.23.